The monoisotopic (exact) mass is 188 g/mol. The maximum Gasteiger partial charge on any atom is 0.133 e. The summed E-state index contributed by atoms with van der Waals surface area (Å²) >= 11 is 0. The highest BCUT2D eigenvalue weighted by Gasteiger charge is 2.00. The number of allylic oxidation sites excluding steroid dienone is 1. The number of furan rings is 1. The molecular formula is C10H8N2O2. The van der Waals surface area contributed by atoms with Gasteiger partial charge in [-0.25, -0.2) is 0 Å². The van der Waals surface area contributed by atoms with Crippen LogP contribution in [0.15, 0.2) is 22.1 Å². The molecule has 0 bridgehead atoms. The van der Waals surface area contributed by atoms with Gasteiger partial charge in [0.05, 0.1) is 0 Å². The fourth-order valence-electron chi connectivity index (χ4n) is 0.924. The Balaban J connectivity index is 2.84. The Morgan fingerprint density at radius 3 is 2.79 bits per heavy atom. The lowest BCUT2D eigenvalue weighted by atomic mass is 10.3. The van der Waals surface area contributed by atoms with Gasteiger partial charge in [-0.2, -0.15) is 10.5 Å². The topological polar surface area (TPSA) is 69.9 Å². The van der Waals surface area contributed by atoms with Gasteiger partial charge in [0.1, 0.15) is 35.8 Å². The average molecular weight is 188 g/mol. The van der Waals surface area contributed by atoms with Crippen molar-refractivity contribution in [1.29, 1.82) is 10.5 Å². The van der Waals surface area contributed by atoms with Crippen molar-refractivity contribution >= 4 is 6.08 Å². The van der Waals surface area contributed by atoms with Crippen molar-refractivity contribution in [3.63, 3.8) is 0 Å². The lowest BCUT2D eigenvalue weighted by Gasteiger charge is -1.91. The molecule has 1 heterocycles. The summed E-state index contributed by atoms with van der Waals surface area (Å²) in [6.45, 7) is 0.377. The molecule has 0 atom stereocenters. The van der Waals surface area contributed by atoms with Gasteiger partial charge < -0.3 is 9.15 Å². The second kappa shape index (κ2) is 4.86. The van der Waals surface area contributed by atoms with Gasteiger partial charge in [-0.3, -0.25) is 0 Å². The van der Waals surface area contributed by atoms with E-state index < -0.39 is 0 Å². The molecule has 1 rings (SSSR count). The van der Waals surface area contributed by atoms with E-state index in [2.05, 4.69) is 0 Å². The zero-order valence-corrected chi connectivity index (χ0v) is 7.65. The zero-order chi connectivity index (χ0) is 10.4. The van der Waals surface area contributed by atoms with Crippen LogP contribution in [0.3, 0.4) is 0 Å². The second-order valence-electron chi connectivity index (χ2n) is 2.52. The molecule has 0 aliphatic carbocycles. The van der Waals surface area contributed by atoms with E-state index in [1.165, 1.54) is 6.08 Å². The number of hydrogen-bond acceptors (Lipinski definition) is 4. The summed E-state index contributed by atoms with van der Waals surface area (Å²) in [4.78, 5) is 0. The normalized spacial score (nSPS) is 8.79. The largest absolute Gasteiger partial charge is 0.459 e. The molecule has 0 spiro atoms. The van der Waals surface area contributed by atoms with Crippen LogP contribution in [0.25, 0.3) is 6.08 Å². The Labute approximate surface area is 81.6 Å². The van der Waals surface area contributed by atoms with Crippen LogP contribution >= 0.6 is 0 Å². The van der Waals surface area contributed by atoms with Gasteiger partial charge in [0, 0.05) is 13.2 Å². The average Bonchev–Trinajstić information content (AvgIpc) is 2.63. The van der Waals surface area contributed by atoms with Crippen molar-refractivity contribution in [1.82, 2.24) is 0 Å². The quantitative estimate of drug-likeness (QED) is 0.679. The number of hydrogen-bond donors (Lipinski definition) is 0. The lowest BCUT2D eigenvalue weighted by molar-refractivity contribution is 0.164. The summed E-state index contributed by atoms with van der Waals surface area (Å²) in [5.74, 6) is 1.14. The second-order valence-corrected chi connectivity index (χ2v) is 2.52. The molecule has 0 unspecified atom stereocenters. The van der Waals surface area contributed by atoms with Gasteiger partial charge in [0.25, 0.3) is 0 Å². The van der Waals surface area contributed by atoms with Crippen LogP contribution in [0.2, 0.25) is 0 Å². The predicted molar refractivity (Wildman–Crippen MR) is 48.6 cm³/mol. The van der Waals surface area contributed by atoms with E-state index in [9.17, 15) is 0 Å². The van der Waals surface area contributed by atoms with Crippen LogP contribution < -0.4 is 0 Å². The number of nitriles is 2. The third-order valence-electron chi connectivity index (χ3n) is 1.50. The van der Waals surface area contributed by atoms with Crippen molar-refractivity contribution < 1.29 is 9.15 Å². The molecule has 1 aromatic heterocycles. The van der Waals surface area contributed by atoms with Crippen LogP contribution in [0.5, 0.6) is 0 Å². The first-order valence-corrected chi connectivity index (χ1v) is 3.89. The molecule has 0 aromatic carbocycles. The first kappa shape index (κ1) is 10.0. The predicted octanol–water partition coefficient (Wildman–Crippen LogP) is 1.86. The fraction of sp³-hybridized carbons (Fsp3) is 0.200. The molecule has 0 aliphatic heterocycles. The molecule has 70 valence electrons. The van der Waals surface area contributed by atoms with E-state index in [0.29, 0.717) is 18.1 Å². The zero-order valence-electron chi connectivity index (χ0n) is 7.65. The summed E-state index contributed by atoms with van der Waals surface area (Å²) in [6, 6.07) is 6.92. The van der Waals surface area contributed by atoms with Crippen LogP contribution in [0.4, 0.5) is 0 Å². The van der Waals surface area contributed by atoms with Gasteiger partial charge in [0.15, 0.2) is 0 Å². The molecule has 4 heteroatoms. The summed E-state index contributed by atoms with van der Waals surface area (Å²) < 4.78 is 10.1. The van der Waals surface area contributed by atoms with Gasteiger partial charge >= 0.3 is 0 Å². The van der Waals surface area contributed by atoms with Crippen LogP contribution in [-0.4, -0.2) is 7.11 Å². The number of ether oxygens (including phenoxy) is 1. The summed E-state index contributed by atoms with van der Waals surface area (Å²) in [5.41, 5.74) is 0.0170. The maximum absolute atomic E-state index is 8.49. The van der Waals surface area contributed by atoms with E-state index in [0.717, 1.165) is 0 Å². The number of methoxy groups -OCH3 is 1. The molecule has 0 saturated heterocycles. The molecule has 4 nitrogen and oxygen atoms in total. The first-order valence-electron chi connectivity index (χ1n) is 3.89. The molecule has 0 fully saturated rings. The minimum absolute atomic E-state index is 0.0170. The molecule has 0 N–H and O–H groups in total. The third-order valence-corrected chi connectivity index (χ3v) is 1.50. The summed E-state index contributed by atoms with van der Waals surface area (Å²) in [7, 11) is 1.56. The van der Waals surface area contributed by atoms with Gasteiger partial charge in [0.2, 0.25) is 0 Å². The van der Waals surface area contributed by atoms with Crippen molar-refractivity contribution in [2.45, 2.75) is 6.61 Å². The Bertz CT molecular complexity index is 402. The van der Waals surface area contributed by atoms with Crippen molar-refractivity contribution in [3.8, 4) is 12.1 Å². The molecule has 0 amide bonds. The Morgan fingerprint density at radius 1 is 1.50 bits per heavy atom. The summed E-state index contributed by atoms with van der Waals surface area (Å²) in [5, 5.41) is 17.0. The van der Waals surface area contributed by atoms with Gasteiger partial charge in [-0.1, -0.05) is 0 Å². The van der Waals surface area contributed by atoms with Crippen molar-refractivity contribution in [2.24, 2.45) is 0 Å². The fourth-order valence-corrected chi connectivity index (χ4v) is 0.924. The molecular weight excluding hydrogens is 180 g/mol. The SMILES string of the molecule is COCc1ccc(C=C(C#N)C#N)o1. The summed E-state index contributed by atoms with van der Waals surface area (Å²) in [6.07, 6.45) is 1.39. The number of rotatable bonds is 3. The molecule has 0 radical (unpaired) electrons. The lowest BCUT2D eigenvalue weighted by Crippen LogP contribution is -1.81. The molecule has 1 aromatic rings. The molecule has 0 saturated carbocycles. The van der Waals surface area contributed by atoms with Crippen LogP contribution in [0, 0.1) is 22.7 Å². The van der Waals surface area contributed by atoms with Gasteiger partial charge in [-0.15, -0.1) is 0 Å². The van der Waals surface area contributed by atoms with Crippen molar-refractivity contribution in [2.75, 3.05) is 7.11 Å². The molecule has 14 heavy (non-hydrogen) atoms. The Kier molecular flexibility index (Phi) is 3.49. The van der Waals surface area contributed by atoms with Crippen LogP contribution in [0.1, 0.15) is 11.5 Å². The highest BCUT2D eigenvalue weighted by atomic mass is 16.5. The Hall–Kier alpha value is -2.04. The van der Waals surface area contributed by atoms with Crippen LogP contribution in [-0.2, 0) is 11.3 Å². The van der Waals surface area contributed by atoms with Crippen molar-refractivity contribution in [3.05, 3.63) is 29.2 Å². The van der Waals surface area contributed by atoms with Gasteiger partial charge in [-0.05, 0) is 12.1 Å². The first-order chi connectivity index (χ1) is 6.80. The highest BCUT2D eigenvalue weighted by Crippen LogP contribution is 2.12. The van der Waals surface area contributed by atoms with E-state index >= 15 is 0 Å². The molecule has 0 aliphatic rings. The standard InChI is InChI=1S/C10H8N2O2/c1-13-7-10-3-2-9(14-10)4-8(5-11)6-12/h2-4H,7H2,1H3. The van der Waals surface area contributed by atoms with E-state index in [1.54, 1.807) is 31.4 Å². The smallest absolute Gasteiger partial charge is 0.133 e. The van der Waals surface area contributed by atoms with E-state index in [4.69, 9.17) is 19.7 Å². The maximum atomic E-state index is 8.49. The minimum Gasteiger partial charge on any atom is -0.459 e. The van der Waals surface area contributed by atoms with E-state index in [-0.39, 0.29) is 5.57 Å². The highest BCUT2D eigenvalue weighted by molar-refractivity contribution is 5.58. The Morgan fingerprint density at radius 2 is 2.21 bits per heavy atom. The number of nitrogens with zero attached hydrogens (tertiary/aromatic N) is 2. The van der Waals surface area contributed by atoms with E-state index in [1.807, 2.05) is 0 Å². The third kappa shape index (κ3) is 2.48. The minimum atomic E-state index is 0.0170.